The summed E-state index contributed by atoms with van der Waals surface area (Å²) in [5.41, 5.74) is 7.07. The van der Waals surface area contributed by atoms with Gasteiger partial charge in [-0.2, -0.15) is 0 Å². The van der Waals surface area contributed by atoms with Gasteiger partial charge in [-0.05, 0) is 12.5 Å². The summed E-state index contributed by atoms with van der Waals surface area (Å²) in [7, 11) is -3.24. The van der Waals surface area contributed by atoms with E-state index in [0.717, 1.165) is 24.8 Å². The van der Waals surface area contributed by atoms with Gasteiger partial charge in [0.2, 0.25) is 0 Å². The standard InChI is InChI=1S/C10H16N2O2S/c1-3-4-9-6-5-8(7-12-9)10(11)15(2,13)14/h5-7,10H,3-4,11H2,1-2H3. The lowest BCUT2D eigenvalue weighted by Gasteiger charge is -2.09. The number of nitrogens with two attached hydrogens (primary N) is 1. The zero-order valence-corrected chi connectivity index (χ0v) is 9.79. The first kappa shape index (κ1) is 12.1. The predicted molar refractivity (Wildman–Crippen MR) is 60.0 cm³/mol. The maximum Gasteiger partial charge on any atom is 0.167 e. The van der Waals surface area contributed by atoms with Crippen molar-refractivity contribution in [3.05, 3.63) is 29.6 Å². The monoisotopic (exact) mass is 228 g/mol. The van der Waals surface area contributed by atoms with E-state index >= 15 is 0 Å². The van der Waals surface area contributed by atoms with E-state index in [4.69, 9.17) is 5.73 Å². The van der Waals surface area contributed by atoms with Crippen LogP contribution >= 0.6 is 0 Å². The first-order valence-electron chi connectivity index (χ1n) is 4.84. The third-order valence-corrected chi connectivity index (χ3v) is 3.34. The molecule has 0 saturated heterocycles. The van der Waals surface area contributed by atoms with E-state index < -0.39 is 15.2 Å². The van der Waals surface area contributed by atoms with Crippen LogP contribution in [0.5, 0.6) is 0 Å². The number of hydrogen-bond acceptors (Lipinski definition) is 4. The molecule has 4 nitrogen and oxygen atoms in total. The largest absolute Gasteiger partial charge is 0.311 e. The number of sulfone groups is 1. The highest BCUT2D eigenvalue weighted by atomic mass is 32.2. The average molecular weight is 228 g/mol. The van der Waals surface area contributed by atoms with Crippen LogP contribution < -0.4 is 5.73 Å². The highest BCUT2D eigenvalue weighted by molar-refractivity contribution is 7.90. The Labute approximate surface area is 90.4 Å². The summed E-state index contributed by atoms with van der Waals surface area (Å²) in [6, 6.07) is 3.55. The summed E-state index contributed by atoms with van der Waals surface area (Å²) in [6.07, 6.45) is 4.58. The van der Waals surface area contributed by atoms with Crippen molar-refractivity contribution < 1.29 is 8.42 Å². The first-order valence-corrected chi connectivity index (χ1v) is 6.80. The second-order valence-corrected chi connectivity index (χ2v) is 5.75. The van der Waals surface area contributed by atoms with Crippen LogP contribution in [0.3, 0.4) is 0 Å². The molecule has 1 rings (SSSR count). The topological polar surface area (TPSA) is 73.1 Å². The molecule has 0 aliphatic carbocycles. The molecule has 1 heterocycles. The molecular formula is C10H16N2O2S. The van der Waals surface area contributed by atoms with Crippen molar-refractivity contribution in [2.75, 3.05) is 6.26 Å². The van der Waals surface area contributed by atoms with E-state index in [0.29, 0.717) is 5.56 Å². The van der Waals surface area contributed by atoms with Gasteiger partial charge in [-0.1, -0.05) is 19.4 Å². The molecule has 2 N–H and O–H groups in total. The SMILES string of the molecule is CCCc1ccc(C(N)S(C)(=O)=O)cn1. The Morgan fingerprint density at radius 2 is 2.13 bits per heavy atom. The molecule has 15 heavy (non-hydrogen) atoms. The van der Waals surface area contributed by atoms with Crippen molar-refractivity contribution in [3.63, 3.8) is 0 Å². The Kier molecular flexibility index (Phi) is 3.82. The Hall–Kier alpha value is -0.940. The molecule has 1 aromatic rings. The number of pyridine rings is 1. The van der Waals surface area contributed by atoms with Gasteiger partial charge < -0.3 is 5.73 Å². The van der Waals surface area contributed by atoms with Crippen LogP contribution in [0.15, 0.2) is 18.3 Å². The fourth-order valence-corrected chi connectivity index (χ4v) is 1.89. The van der Waals surface area contributed by atoms with Gasteiger partial charge in [0.1, 0.15) is 5.37 Å². The third kappa shape index (κ3) is 3.28. The zero-order valence-electron chi connectivity index (χ0n) is 8.97. The number of aromatic nitrogens is 1. The molecule has 1 aromatic heterocycles. The lowest BCUT2D eigenvalue weighted by molar-refractivity contribution is 0.589. The van der Waals surface area contributed by atoms with Crippen LogP contribution in [-0.4, -0.2) is 19.7 Å². The molecule has 0 spiro atoms. The Morgan fingerprint density at radius 1 is 1.47 bits per heavy atom. The normalized spacial score (nSPS) is 13.8. The molecule has 0 bridgehead atoms. The Bertz CT molecular complexity index is 412. The maximum atomic E-state index is 11.2. The molecule has 0 fully saturated rings. The molecule has 5 heteroatoms. The molecule has 0 aromatic carbocycles. The smallest absolute Gasteiger partial charge is 0.167 e. The molecule has 0 saturated carbocycles. The summed E-state index contributed by atoms with van der Waals surface area (Å²) in [6.45, 7) is 2.07. The van der Waals surface area contributed by atoms with Crippen LogP contribution in [0.25, 0.3) is 0 Å². The number of aryl methyl sites for hydroxylation is 1. The van der Waals surface area contributed by atoms with Gasteiger partial charge in [0, 0.05) is 23.7 Å². The van der Waals surface area contributed by atoms with Crippen molar-refractivity contribution in [1.82, 2.24) is 4.98 Å². The van der Waals surface area contributed by atoms with Gasteiger partial charge in [0.25, 0.3) is 0 Å². The van der Waals surface area contributed by atoms with Crippen LogP contribution in [0, 0.1) is 0 Å². The highest BCUT2D eigenvalue weighted by Crippen LogP contribution is 2.15. The van der Waals surface area contributed by atoms with E-state index in [1.165, 1.54) is 6.20 Å². The highest BCUT2D eigenvalue weighted by Gasteiger charge is 2.17. The van der Waals surface area contributed by atoms with Crippen LogP contribution in [0.4, 0.5) is 0 Å². The lowest BCUT2D eigenvalue weighted by atomic mass is 10.2. The minimum Gasteiger partial charge on any atom is -0.311 e. The van der Waals surface area contributed by atoms with Crippen molar-refractivity contribution in [2.45, 2.75) is 25.1 Å². The Morgan fingerprint density at radius 3 is 2.53 bits per heavy atom. The van der Waals surface area contributed by atoms with Crippen molar-refractivity contribution in [3.8, 4) is 0 Å². The van der Waals surface area contributed by atoms with Crippen molar-refractivity contribution in [1.29, 1.82) is 0 Å². The summed E-state index contributed by atoms with van der Waals surface area (Å²) >= 11 is 0. The maximum absolute atomic E-state index is 11.2. The quantitative estimate of drug-likeness (QED) is 0.835. The molecular weight excluding hydrogens is 212 g/mol. The first-order chi connectivity index (χ1) is 6.95. The van der Waals surface area contributed by atoms with Gasteiger partial charge in [0.05, 0.1) is 0 Å². The number of hydrogen-bond donors (Lipinski definition) is 1. The second kappa shape index (κ2) is 4.72. The van der Waals surface area contributed by atoms with E-state index in [1.807, 2.05) is 6.07 Å². The van der Waals surface area contributed by atoms with Crippen LogP contribution in [0.2, 0.25) is 0 Å². The molecule has 1 atom stereocenters. The van der Waals surface area contributed by atoms with Gasteiger partial charge in [-0.15, -0.1) is 0 Å². The summed E-state index contributed by atoms with van der Waals surface area (Å²) in [5, 5.41) is -0.972. The van der Waals surface area contributed by atoms with Crippen LogP contribution in [-0.2, 0) is 16.3 Å². The summed E-state index contributed by atoms with van der Waals surface area (Å²) in [5.74, 6) is 0. The molecule has 0 radical (unpaired) electrons. The van der Waals surface area contributed by atoms with Crippen molar-refractivity contribution >= 4 is 9.84 Å². The average Bonchev–Trinajstić information content (AvgIpc) is 2.17. The fraction of sp³-hybridized carbons (Fsp3) is 0.500. The molecule has 0 aliphatic heterocycles. The van der Waals surface area contributed by atoms with E-state index in [1.54, 1.807) is 6.07 Å². The van der Waals surface area contributed by atoms with Crippen molar-refractivity contribution in [2.24, 2.45) is 5.73 Å². The van der Waals surface area contributed by atoms with Gasteiger partial charge in [-0.3, -0.25) is 4.98 Å². The van der Waals surface area contributed by atoms with Gasteiger partial charge in [-0.25, -0.2) is 8.42 Å². The minimum absolute atomic E-state index is 0.539. The predicted octanol–water partition coefficient (Wildman–Crippen LogP) is 1.04. The fourth-order valence-electron chi connectivity index (χ4n) is 1.26. The summed E-state index contributed by atoms with van der Waals surface area (Å²) in [4.78, 5) is 4.16. The van der Waals surface area contributed by atoms with E-state index in [2.05, 4.69) is 11.9 Å². The molecule has 0 aliphatic rings. The van der Waals surface area contributed by atoms with Gasteiger partial charge >= 0.3 is 0 Å². The van der Waals surface area contributed by atoms with Gasteiger partial charge in [0.15, 0.2) is 9.84 Å². The minimum atomic E-state index is -3.24. The second-order valence-electron chi connectivity index (χ2n) is 3.58. The number of nitrogens with zero attached hydrogens (tertiary/aromatic N) is 1. The van der Waals surface area contributed by atoms with Crippen LogP contribution in [0.1, 0.15) is 30.0 Å². The molecule has 1 unspecified atom stereocenters. The lowest BCUT2D eigenvalue weighted by Crippen LogP contribution is -2.20. The zero-order chi connectivity index (χ0) is 11.5. The summed E-state index contributed by atoms with van der Waals surface area (Å²) < 4.78 is 22.4. The van der Waals surface area contributed by atoms with E-state index in [-0.39, 0.29) is 0 Å². The molecule has 84 valence electrons. The van der Waals surface area contributed by atoms with E-state index in [9.17, 15) is 8.42 Å². The number of rotatable bonds is 4. The molecule has 0 amide bonds. The third-order valence-electron chi connectivity index (χ3n) is 2.14. The Balaban J connectivity index is 2.89.